The number of thioether (sulfide) groups is 1. The van der Waals surface area contributed by atoms with Gasteiger partial charge >= 0.3 is 0 Å². The van der Waals surface area contributed by atoms with Crippen molar-refractivity contribution in [1.29, 1.82) is 0 Å². The molecule has 7 heteroatoms. The van der Waals surface area contributed by atoms with Gasteiger partial charge in [0.25, 0.3) is 11.1 Å². The molecule has 0 aliphatic carbocycles. The third kappa shape index (κ3) is 3.37. The van der Waals surface area contributed by atoms with E-state index in [4.69, 9.17) is 13.6 Å². The minimum Gasteiger partial charge on any atom is -0.459 e. The van der Waals surface area contributed by atoms with Gasteiger partial charge in [0.1, 0.15) is 13.1 Å². The molecule has 1 N–H and O–H groups in total. The number of hydrogen-bond donors (Lipinski definition) is 1. The first kappa shape index (κ1) is 12.7. The summed E-state index contributed by atoms with van der Waals surface area (Å²) in [5, 5.41) is 8.57. The van der Waals surface area contributed by atoms with Crippen LogP contribution >= 0.6 is 11.8 Å². The highest BCUT2D eigenvalue weighted by Gasteiger charge is 2.15. The van der Waals surface area contributed by atoms with Crippen LogP contribution in [0.2, 0.25) is 0 Å². The highest BCUT2D eigenvalue weighted by atomic mass is 32.2. The summed E-state index contributed by atoms with van der Waals surface area (Å²) in [5.41, 5.74) is 0. The van der Waals surface area contributed by atoms with E-state index in [1.165, 1.54) is 0 Å². The summed E-state index contributed by atoms with van der Waals surface area (Å²) in [4.78, 5) is 1.57. The zero-order chi connectivity index (χ0) is 12.9. The van der Waals surface area contributed by atoms with Crippen molar-refractivity contribution in [2.45, 2.75) is 5.22 Å². The van der Waals surface area contributed by atoms with Gasteiger partial charge in [0.2, 0.25) is 0 Å². The van der Waals surface area contributed by atoms with Gasteiger partial charge in [-0.1, -0.05) is 11.8 Å². The molecule has 102 valence electrons. The smallest absolute Gasteiger partial charge is 0.284 e. The maximum absolute atomic E-state index is 5.53. The van der Waals surface area contributed by atoms with Crippen LogP contribution in [-0.4, -0.2) is 48.8 Å². The van der Waals surface area contributed by atoms with Crippen LogP contribution in [0.3, 0.4) is 0 Å². The molecule has 6 nitrogen and oxygen atoms in total. The third-order valence-electron chi connectivity index (χ3n) is 3.02. The molecule has 0 spiro atoms. The van der Waals surface area contributed by atoms with Crippen molar-refractivity contribution in [2.75, 3.05) is 38.6 Å². The summed E-state index contributed by atoms with van der Waals surface area (Å²) in [6.45, 7) is 4.99. The lowest BCUT2D eigenvalue weighted by Gasteiger charge is -2.23. The molecule has 0 radical (unpaired) electrons. The fraction of sp³-hybridized carbons (Fsp3) is 0.500. The molecular formula is C12H16N3O3S+. The lowest BCUT2D eigenvalue weighted by atomic mass is 10.4. The number of morpholine rings is 1. The Bertz CT molecular complexity index is 494. The lowest BCUT2D eigenvalue weighted by molar-refractivity contribution is -0.905. The van der Waals surface area contributed by atoms with E-state index in [9.17, 15) is 0 Å². The Morgan fingerprint density at radius 2 is 2.16 bits per heavy atom. The number of nitrogens with one attached hydrogen (secondary N) is 1. The average Bonchev–Trinajstić information content (AvgIpc) is 3.10. The van der Waals surface area contributed by atoms with Gasteiger partial charge in [-0.3, -0.25) is 0 Å². The van der Waals surface area contributed by atoms with Crippen molar-refractivity contribution in [1.82, 2.24) is 10.2 Å². The summed E-state index contributed by atoms with van der Waals surface area (Å²) < 4.78 is 16.1. The van der Waals surface area contributed by atoms with E-state index in [0.29, 0.717) is 16.9 Å². The maximum atomic E-state index is 5.53. The number of furan rings is 1. The Morgan fingerprint density at radius 3 is 2.95 bits per heavy atom. The van der Waals surface area contributed by atoms with Gasteiger partial charge in [0.05, 0.1) is 31.8 Å². The first-order chi connectivity index (χ1) is 9.42. The molecule has 0 amide bonds. The van der Waals surface area contributed by atoms with E-state index in [-0.39, 0.29) is 0 Å². The zero-order valence-corrected chi connectivity index (χ0v) is 11.3. The second kappa shape index (κ2) is 6.23. The molecule has 0 atom stereocenters. The number of quaternary nitrogens is 1. The van der Waals surface area contributed by atoms with Crippen LogP contribution in [0.4, 0.5) is 0 Å². The Morgan fingerprint density at radius 1 is 1.26 bits per heavy atom. The van der Waals surface area contributed by atoms with Gasteiger partial charge in [0.15, 0.2) is 5.76 Å². The molecule has 1 aliphatic heterocycles. The molecule has 0 saturated carbocycles. The van der Waals surface area contributed by atoms with Crippen LogP contribution in [0.25, 0.3) is 11.7 Å². The van der Waals surface area contributed by atoms with E-state index in [1.54, 1.807) is 35.1 Å². The number of nitrogens with zero attached hydrogens (tertiary/aromatic N) is 2. The second-order valence-corrected chi connectivity index (χ2v) is 5.36. The van der Waals surface area contributed by atoms with Crippen molar-refractivity contribution in [3.8, 4) is 11.7 Å². The van der Waals surface area contributed by atoms with Gasteiger partial charge < -0.3 is 18.5 Å². The number of ether oxygens (including phenoxy) is 1. The van der Waals surface area contributed by atoms with Gasteiger partial charge in [-0.15, -0.1) is 10.2 Å². The summed E-state index contributed by atoms with van der Waals surface area (Å²) in [6.07, 6.45) is 1.59. The van der Waals surface area contributed by atoms with E-state index in [0.717, 1.165) is 38.6 Å². The maximum Gasteiger partial charge on any atom is 0.284 e. The number of aromatic nitrogens is 2. The molecule has 1 aliphatic rings. The Balaban J connectivity index is 1.48. The first-order valence-corrected chi connectivity index (χ1v) is 7.32. The molecule has 3 rings (SSSR count). The quantitative estimate of drug-likeness (QED) is 0.798. The third-order valence-corrected chi connectivity index (χ3v) is 3.84. The fourth-order valence-electron chi connectivity index (χ4n) is 1.96. The molecule has 19 heavy (non-hydrogen) atoms. The lowest BCUT2D eigenvalue weighted by Crippen LogP contribution is -3.14. The predicted molar refractivity (Wildman–Crippen MR) is 69.1 cm³/mol. The fourth-order valence-corrected chi connectivity index (χ4v) is 2.76. The molecule has 1 saturated heterocycles. The molecule has 3 heterocycles. The van der Waals surface area contributed by atoms with Gasteiger partial charge in [-0.05, 0) is 12.1 Å². The van der Waals surface area contributed by atoms with Crippen LogP contribution in [0.5, 0.6) is 0 Å². The Kier molecular flexibility index (Phi) is 4.16. The first-order valence-electron chi connectivity index (χ1n) is 6.33. The minimum atomic E-state index is 0.436. The van der Waals surface area contributed by atoms with Crippen molar-refractivity contribution < 1.29 is 18.5 Å². The summed E-state index contributed by atoms with van der Waals surface area (Å²) in [7, 11) is 0. The predicted octanol–water partition coefficient (Wildman–Crippen LogP) is 0.337. The monoisotopic (exact) mass is 282 g/mol. The largest absolute Gasteiger partial charge is 0.459 e. The number of hydrogen-bond acceptors (Lipinski definition) is 6. The van der Waals surface area contributed by atoms with E-state index in [1.807, 2.05) is 0 Å². The molecular weight excluding hydrogens is 266 g/mol. The summed E-state index contributed by atoms with van der Waals surface area (Å²) in [6, 6.07) is 3.61. The van der Waals surface area contributed by atoms with Crippen LogP contribution in [0, 0.1) is 0 Å². The highest BCUT2D eigenvalue weighted by Crippen LogP contribution is 2.22. The Labute approximate surface area is 115 Å². The molecule has 0 bridgehead atoms. The van der Waals surface area contributed by atoms with Gasteiger partial charge in [-0.25, -0.2) is 0 Å². The van der Waals surface area contributed by atoms with Crippen molar-refractivity contribution >= 4 is 11.8 Å². The van der Waals surface area contributed by atoms with Crippen LogP contribution < -0.4 is 4.90 Å². The topological polar surface area (TPSA) is 65.7 Å². The van der Waals surface area contributed by atoms with Crippen molar-refractivity contribution in [2.24, 2.45) is 0 Å². The molecule has 2 aromatic heterocycles. The Hall–Kier alpha value is -1.31. The van der Waals surface area contributed by atoms with E-state index >= 15 is 0 Å². The SMILES string of the molecule is c1coc(-c2nnc(SCC[NH+]3CCOCC3)o2)c1. The van der Waals surface area contributed by atoms with E-state index < -0.39 is 0 Å². The molecule has 1 fully saturated rings. The van der Waals surface area contributed by atoms with Crippen molar-refractivity contribution in [3.63, 3.8) is 0 Å². The van der Waals surface area contributed by atoms with Gasteiger partial charge in [0, 0.05) is 0 Å². The second-order valence-electron chi connectivity index (χ2n) is 4.31. The van der Waals surface area contributed by atoms with Crippen LogP contribution in [0.15, 0.2) is 32.5 Å². The zero-order valence-electron chi connectivity index (χ0n) is 10.5. The summed E-state index contributed by atoms with van der Waals surface area (Å²) in [5.74, 6) is 2.01. The molecule has 2 aromatic rings. The summed E-state index contributed by atoms with van der Waals surface area (Å²) >= 11 is 1.59. The van der Waals surface area contributed by atoms with Crippen LogP contribution in [-0.2, 0) is 4.74 Å². The average molecular weight is 282 g/mol. The van der Waals surface area contributed by atoms with Gasteiger partial charge in [-0.2, -0.15) is 0 Å². The van der Waals surface area contributed by atoms with E-state index in [2.05, 4.69) is 10.2 Å². The molecule has 0 aromatic carbocycles. The highest BCUT2D eigenvalue weighted by molar-refractivity contribution is 7.99. The standard InChI is InChI=1S/C12H15N3O3S/c1-2-10(17-6-1)11-13-14-12(18-11)19-9-5-15-3-7-16-8-4-15/h1-2,6H,3-5,7-9H2/p+1. The number of rotatable bonds is 5. The van der Waals surface area contributed by atoms with Crippen molar-refractivity contribution in [3.05, 3.63) is 18.4 Å². The van der Waals surface area contributed by atoms with Crippen LogP contribution in [0.1, 0.15) is 0 Å². The molecule has 0 unspecified atom stereocenters. The minimum absolute atomic E-state index is 0.436. The normalized spacial score (nSPS) is 16.8.